The van der Waals surface area contributed by atoms with Crippen LogP contribution in [-0.4, -0.2) is 0 Å². The largest absolute Gasteiger partial charge is 0.140 e. The number of hydrogen-bond donors (Lipinski definition) is 0. The summed E-state index contributed by atoms with van der Waals surface area (Å²) in [5, 5.41) is 1.34. The molecule has 0 fully saturated rings. The molecule has 0 bridgehead atoms. The Morgan fingerprint density at radius 3 is 2.77 bits per heavy atom. The van der Waals surface area contributed by atoms with Gasteiger partial charge in [0.15, 0.2) is 0 Å². The van der Waals surface area contributed by atoms with Gasteiger partial charge in [-0.1, -0.05) is 24.3 Å². The molecule has 1 heteroatoms. The molecule has 0 saturated heterocycles. The summed E-state index contributed by atoms with van der Waals surface area (Å²) in [4.78, 5) is 1.36. The summed E-state index contributed by atoms with van der Waals surface area (Å²) in [5.41, 5.74) is 2.61. The second-order valence-electron chi connectivity index (χ2n) is 3.28. The zero-order valence-electron chi connectivity index (χ0n) is 7.92. The van der Waals surface area contributed by atoms with Crippen LogP contribution in [0.25, 0.3) is 16.2 Å². The molecule has 1 aromatic carbocycles. The van der Waals surface area contributed by atoms with Gasteiger partial charge in [0.2, 0.25) is 0 Å². The average molecular weight is 188 g/mol. The Morgan fingerprint density at radius 1 is 1.31 bits per heavy atom. The normalized spacial score (nSPS) is 10.6. The highest BCUT2D eigenvalue weighted by Gasteiger charge is 2.05. The lowest BCUT2D eigenvalue weighted by Crippen LogP contribution is -1.73. The Morgan fingerprint density at radius 2 is 2.08 bits per heavy atom. The molecule has 2 aromatic rings. The van der Waals surface area contributed by atoms with E-state index in [9.17, 15) is 0 Å². The first-order valence-corrected chi connectivity index (χ1v) is 5.16. The van der Waals surface area contributed by atoms with Gasteiger partial charge < -0.3 is 0 Å². The highest BCUT2D eigenvalue weighted by molar-refractivity contribution is 7.19. The van der Waals surface area contributed by atoms with Crippen molar-refractivity contribution in [1.29, 1.82) is 0 Å². The van der Waals surface area contributed by atoms with Crippen LogP contribution in [0.3, 0.4) is 0 Å². The van der Waals surface area contributed by atoms with Crippen LogP contribution in [-0.2, 0) is 0 Å². The maximum absolute atomic E-state index is 3.85. The van der Waals surface area contributed by atoms with E-state index < -0.39 is 0 Å². The highest BCUT2D eigenvalue weighted by Crippen LogP contribution is 2.31. The Balaban J connectivity index is 2.88. The Hall–Kier alpha value is -1.08. The maximum atomic E-state index is 3.85. The summed E-state index contributed by atoms with van der Waals surface area (Å²) in [6, 6.07) is 6.58. The molecular weight excluding hydrogens is 176 g/mol. The minimum atomic E-state index is 1.30. The predicted octanol–water partition coefficient (Wildman–Crippen LogP) is 4.16. The van der Waals surface area contributed by atoms with E-state index in [-0.39, 0.29) is 0 Å². The van der Waals surface area contributed by atoms with E-state index in [0.717, 1.165) is 0 Å². The maximum Gasteiger partial charge on any atom is 0.0351 e. The number of thiophene rings is 1. The van der Waals surface area contributed by atoms with Gasteiger partial charge in [0, 0.05) is 15.0 Å². The van der Waals surface area contributed by atoms with E-state index in [2.05, 4.69) is 38.6 Å². The van der Waals surface area contributed by atoms with Crippen LogP contribution in [0.1, 0.15) is 16.0 Å². The van der Waals surface area contributed by atoms with Crippen molar-refractivity contribution in [3.8, 4) is 0 Å². The van der Waals surface area contributed by atoms with Gasteiger partial charge in [-0.25, -0.2) is 0 Å². The molecule has 0 radical (unpaired) electrons. The second kappa shape index (κ2) is 3.00. The molecule has 0 nitrogen and oxygen atoms in total. The quantitative estimate of drug-likeness (QED) is 0.630. The van der Waals surface area contributed by atoms with Gasteiger partial charge in [-0.3, -0.25) is 0 Å². The average Bonchev–Trinajstić information content (AvgIpc) is 2.40. The fraction of sp³-hybridized carbons (Fsp3) is 0.167. The van der Waals surface area contributed by atoms with Crippen molar-refractivity contribution in [3.05, 3.63) is 40.8 Å². The van der Waals surface area contributed by atoms with E-state index in [1.807, 2.05) is 17.4 Å². The Kier molecular flexibility index (Phi) is 1.97. The van der Waals surface area contributed by atoms with Crippen molar-refractivity contribution in [2.45, 2.75) is 13.8 Å². The molecule has 1 aromatic heterocycles. The van der Waals surface area contributed by atoms with E-state index in [1.54, 1.807) is 0 Å². The van der Waals surface area contributed by atoms with Crippen molar-refractivity contribution in [2.75, 3.05) is 0 Å². The fourth-order valence-electron chi connectivity index (χ4n) is 1.61. The standard InChI is InChI=1S/C12H12S/c1-4-10-9(3)13-12-6-5-8(2)7-11(10)12/h4-7H,1H2,2-3H3. The molecule has 0 N–H and O–H groups in total. The van der Waals surface area contributed by atoms with Crippen LogP contribution >= 0.6 is 11.3 Å². The number of aryl methyl sites for hydroxylation is 2. The molecule has 0 aliphatic rings. The Bertz CT molecular complexity index is 463. The van der Waals surface area contributed by atoms with Crippen molar-refractivity contribution in [3.63, 3.8) is 0 Å². The summed E-state index contributed by atoms with van der Waals surface area (Å²) >= 11 is 1.84. The molecule has 0 atom stereocenters. The van der Waals surface area contributed by atoms with Crippen molar-refractivity contribution in [2.24, 2.45) is 0 Å². The molecule has 0 unspecified atom stereocenters. The van der Waals surface area contributed by atoms with Gasteiger partial charge in [0.1, 0.15) is 0 Å². The smallest absolute Gasteiger partial charge is 0.0351 e. The van der Waals surface area contributed by atoms with Crippen LogP contribution in [0.5, 0.6) is 0 Å². The molecule has 0 amide bonds. The molecule has 1 heterocycles. The van der Waals surface area contributed by atoms with Gasteiger partial charge in [0.05, 0.1) is 0 Å². The zero-order valence-corrected chi connectivity index (χ0v) is 8.74. The third-order valence-electron chi connectivity index (χ3n) is 2.27. The summed E-state index contributed by atoms with van der Waals surface area (Å²) in [7, 11) is 0. The first-order valence-electron chi connectivity index (χ1n) is 4.34. The third-order valence-corrected chi connectivity index (χ3v) is 3.37. The highest BCUT2D eigenvalue weighted by atomic mass is 32.1. The number of benzene rings is 1. The summed E-state index contributed by atoms with van der Waals surface area (Å²) in [6.07, 6.45) is 1.95. The minimum absolute atomic E-state index is 1.30. The first kappa shape index (κ1) is 8.52. The lowest BCUT2D eigenvalue weighted by atomic mass is 10.1. The lowest BCUT2D eigenvalue weighted by Gasteiger charge is -1.94. The fourth-order valence-corrected chi connectivity index (χ4v) is 2.65. The van der Waals surface area contributed by atoms with E-state index in [0.29, 0.717) is 0 Å². The van der Waals surface area contributed by atoms with Crippen LogP contribution in [0.4, 0.5) is 0 Å². The van der Waals surface area contributed by atoms with Gasteiger partial charge in [-0.2, -0.15) is 0 Å². The van der Waals surface area contributed by atoms with E-state index in [1.165, 1.54) is 26.1 Å². The van der Waals surface area contributed by atoms with Crippen LogP contribution < -0.4 is 0 Å². The van der Waals surface area contributed by atoms with Gasteiger partial charge in [-0.05, 0) is 31.5 Å². The number of hydrogen-bond acceptors (Lipinski definition) is 1. The molecule has 0 spiro atoms. The van der Waals surface area contributed by atoms with Crippen molar-refractivity contribution in [1.82, 2.24) is 0 Å². The summed E-state index contributed by atoms with van der Waals surface area (Å²) in [5.74, 6) is 0. The second-order valence-corrected chi connectivity index (χ2v) is 4.53. The predicted molar refractivity (Wildman–Crippen MR) is 61.4 cm³/mol. The minimum Gasteiger partial charge on any atom is -0.140 e. The van der Waals surface area contributed by atoms with E-state index in [4.69, 9.17) is 0 Å². The first-order chi connectivity index (χ1) is 6.22. The molecular formula is C12H12S. The summed E-state index contributed by atoms with van der Waals surface area (Å²) < 4.78 is 1.36. The molecule has 0 aliphatic heterocycles. The van der Waals surface area contributed by atoms with Crippen molar-refractivity contribution < 1.29 is 0 Å². The molecule has 2 rings (SSSR count). The van der Waals surface area contributed by atoms with Crippen LogP contribution in [0.15, 0.2) is 24.8 Å². The summed E-state index contributed by atoms with van der Waals surface area (Å²) in [6.45, 7) is 8.12. The monoisotopic (exact) mass is 188 g/mol. The Labute approximate surface area is 82.5 Å². The van der Waals surface area contributed by atoms with Gasteiger partial charge in [-0.15, -0.1) is 11.3 Å². The van der Waals surface area contributed by atoms with Gasteiger partial charge >= 0.3 is 0 Å². The molecule has 0 aliphatic carbocycles. The van der Waals surface area contributed by atoms with Crippen LogP contribution in [0.2, 0.25) is 0 Å². The third kappa shape index (κ3) is 1.29. The number of rotatable bonds is 1. The van der Waals surface area contributed by atoms with Crippen LogP contribution in [0, 0.1) is 13.8 Å². The van der Waals surface area contributed by atoms with E-state index >= 15 is 0 Å². The molecule has 66 valence electrons. The molecule has 0 saturated carbocycles. The topological polar surface area (TPSA) is 0 Å². The lowest BCUT2D eigenvalue weighted by molar-refractivity contribution is 1.51. The van der Waals surface area contributed by atoms with Crippen molar-refractivity contribution >= 4 is 27.5 Å². The SMILES string of the molecule is C=Cc1c(C)sc2ccc(C)cc12. The zero-order chi connectivity index (χ0) is 9.42. The molecule has 13 heavy (non-hydrogen) atoms. The van der Waals surface area contributed by atoms with Gasteiger partial charge in [0.25, 0.3) is 0 Å². The number of fused-ring (bicyclic) bond motifs is 1.